The summed E-state index contributed by atoms with van der Waals surface area (Å²) in [5, 5.41) is 51.4. The van der Waals surface area contributed by atoms with Crippen LogP contribution in [-0.2, 0) is 0 Å². The number of aromatic nitrogens is 3. The fraction of sp³-hybridized carbons (Fsp3) is 0. The fourth-order valence-corrected chi connectivity index (χ4v) is 22.2. The monoisotopic (exact) mass is 1690 g/mol. The van der Waals surface area contributed by atoms with E-state index in [1.165, 1.54) is 238 Å². The summed E-state index contributed by atoms with van der Waals surface area (Å²) in [6.45, 7) is 0. The van der Waals surface area contributed by atoms with E-state index in [0.29, 0.717) is 27.5 Å². The van der Waals surface area contributed by atoms with Crippen molar-refractivity contribution in [3.05, 3.63) is 440 Å². The third kappa shape index (κ3) is 11.9. The molecule has 3 nitrogen and oxygen atoms in total. The summed E-state index contributed by atoms with van der Waals surface area (Å²) in [4.78, 5) is 13.9. The van der Waals surface area contributed by atoms with Crippen LogP contribution >= 0.6 is 34.8 Å². The molecule has 0 fully saturated rings. The minimum absolute atomic E-state index is 0.530. The van der Waals surface area contributed by atoms with Gasteiger partial charge in [-0.3, -0.25) is 0 Å². The number of hydrogen-bond donors (Lipinski definition) is 0. The van der Waals surface area contributed by atoms with Crippen LogP contribution in [0.1, 0.15) is 0 Å². The lowest BCUT2D eigenvalue weighted by atomic mass is 9.79. The predicted octanol–water partition coefficient (Wildman–Crippen LogP) is 35.9. The Morgan fingerprint density at radius 1 is 0.124 bits per heavy atom. The van der Waals surface area contributed by atoms with E-state index in [1.54, 1.807) is 18.2 Å². The third-order valence-corrected chi connectivity index (χ3v) is 27.7. The van der Waals surface area contributed by atoms with Crippen molar-refractivity contribution in [2.75, 3.05) is 0 Å². The summed E-state index contributed by atoms with van der Waals surface area (Å²) >= 11 is 17.9. The Hall–Kier alpha value is -15.7. The van der Waals surface area contributed by atoms with Crippen molar-refractivity contribution in [2.45, 2.75) is 0 Å². The standard InChI is InChI=1S/2C36H20.C24H12.C21H13Cl2N3.C6H5Cl/c2*1-3-7-21(8-4-1)28-19-26-16-15-24-12-11-23-13-14-25-17-18-27-29(22-9-5-2-6-10-22)20-30(28)36-34(26)32(24)31(23)33(25)35(27)36;1-2-14-5-6-16-9-11-18-12-10-17-8-7-15-4-3-13(1)19-20(14)22(16)24(18)23(17)21(15)19;22-17-11-16(12-18(23)13-17)21-25-19(14-7-3-1-4-8-14)24-20(26-21)15-9-5-2-6-10-15;7-6-4-2-1-3-5-6/h2*1-20H;1-12H;1-13H;1-5H. The highest BCUT2D eigenvalue weighted by molar-refractivity contribution is 6.50. The van der Waals surface area contributed by atoms with Crippen LogP contribution in [0.4, 0.5) is 0 Å². The van der Waals surface area contributed by atoms with Crippen LogP contribution in [0.2, 0.25) is 15.1 Å². The molecule has 0 N–H and O–H groups in total. The van der Waals surface area contributed by atoms with Gasteiger partial charge in [0.25, 0.3) is 0 Å². The molecular formula is C123H70Cl3N3. The SMILES string of the molecule is Clc1cc(Cl)cc(-c2nc(-c3ccccc3)nc(-c3ccccc3)n2)c1.Clc1ccccc1.c1cc2ccc3ccc4ccc5ccc6ccc1c1c2c3c4c5c61.c1ccc(-c2cc3c(-c4ccccc4)cc4ccc5ccc6ccc7ccc2c2c7c6c5c4c32)cc1.c1ccc(-c2cc3c(-c4ccccc4)cc4ccc5ccc6ccc7ccc2c2c7c6c5c4c32)cc1. The molecule has 0 spiro atoms. The molecule has 0 aliphatic carbocycles. The first-order chi connectivity index (χ1) is 63.7. The molecule has 0 aliphatic rings. The van der Waals surface area contributed by atoms with Gasteiger partial charge >= 0.3 is 0 Å². The lowest BCUT2D eigenvalue weighted by molar-refractivity contribution is 1.07. The van der Waals surface area contributed by atoms with Crippen LogP contribution in [0.5, 0.6) is 0 Å². The second-order valence-corrected chi connectivity index (χ2v) is 35.4. The van der Waals surface area contributed by atoms with Crippen LogP contribution in [0.15, 0.2) is 425 Å². The Labute approximate surface area is 756 Å². The predicted molar refractivity (Wildman–Crippen MR) is 554 cm³/mol. The third-order valence-electron chi connectivity index (χ3n) is 27.0. The number of benzene rings is 29. The zero-order chi connectivity index (χ0) is 85.2. The molecule has 0 saturated heterocycles. The Bertz CT molecular complexity index is 8540. The first-order valence-corrected chi connectivity index (χ1v) is 45.0. The van der Waals surface area contributed by atoms with Gasteiger partial charge in [0.1, 0.15) is 0 Å². The minimum Gasteiger partial charge on any atom is -0.208 e. The molecule has 0 unspecified atom stereocenters. The molecule has 0 bridgehead atoms. The van der Waals surface area contributed by atoms with E-state index in [4.69, 9.17) is 34.8 Å². The molecule has 1 aromatic heterocycles. The van der Waals surface area contributed by atoms with E-state index in [1.807, 2.05) is 91.0 Å². The van der Waals surface area contributed by atoms with Gasteiger partial charge in [0, 0.05) is 31.8 Å². The lowest BCUT2D eigenvalue weighted by Crippen LogP contribution is -2.00. The lowest BCUT2D eigenvalue weighted by Gasteiger charge is -2.23. The Balaban J connectivity index is 0.0000000896. The van der Waals surface area contributed by atoms with Gasteiger partial charge in [0.05, 0.1) is 0 Å². The van der Waals surface area contributed by atoms with Gasteiger partial charge in [-0.1, -0.05) is 405 Å². The van der Waals surface area contributed by atoms with Gasteiger partial charge in [-0.2, -0.15) is 0 Å². The molecule has 29 aromatic carbocycles. The summed E-state index contributed by atoms with van der Waals surface area (Å²) in [7, 11) is 0. The van der Waals surface area contributed by atoms with Crippen molar-refractivity contribution in [1.29, 1.82) is 0 Å². The van der Waals surface area contributed by atoms with Crippen LogP contribution in [-0.4, -0.2) is 15.0 Å². The maximum Gasteiger partial charge on any atom is 0.164 e. The van der Waals surface area contributed by atoms with Crippen molar-refractivity contribution in [1.82, 2.24) is 15.0 Å². The summed E-state index contributed by atoms with van der Waals surface area (Å²) < 4.78 is 0. The molecule has 0 aliphatic heterocycles. The quantitative estimate of drug-likeness (QED) is 0.118. The molecule has 30 aromatic rings. The summed E-state index contributed by atoms with van der Waals surface area (Å²) in [6.07, 6.45) is 0. The number of rotatable bonds is 7. The van der Waals surface area contributed by atoms with Crippen LogP contribution in [0.25, 0.3) is 273 Å². The molecule has 6 heteroatoms. The molecule has 30 rings (SSSR count). The van der Waals surface area contributed by atoms with Crippen molar-refractivity contribution in [3.63, 3.8) is 0 Å². The number of nitrogens with zero attached hydrogens (tertiary/aromatic N) is 3. The van der Waals surface area contributed by atoms with Gasteiger partial charge in [0.2, 0.25) is 0 Å². The van der Waals surface area contributed by atoms with Gasteiger partial charge in [-0.05, 0) is 293 Å². The highest BCUT2D eigenvalue weighted by Gasteiger charge is 2.28. The molecular weight excluding hydrogens is 1630 g/mol. The van der Waals surface area contributed by atoms with Gasteiger partial charge in [-0.15, -0.1) is 0 Å². The Morgan fingerprint density at radius 2 is 0.310 bits per heavy atom. The number of halogens is 3. The maximum absolute atomic E-state index is 6.16. The number of hydrogen-bond acceptors (Lipinski definition) is 3. The first-order valence-electron chi connectivity index (χ1n) is 43.8. The zero-order valence-electron chi connectivity index (χ0n) is 69.4. The fourth-order valence-electron chi connectivity index (χ4n) is 21.5. The Kier molecular flexibility index (Phi) is 17.2. The van der Waals surface area contributed by atoms with E-state index in [0.717, 1.165) is 21.7 Å². The molecule has 0 saturated carbocycles. The van der Waals surface area contributed by atoms with Crippen LogP contribution in [0.3, 0.4) is 0 Å². The smallest absolute Gasteiger partial charge is 0.164 e. The van der Waals surface area contributed by atoms with E-state index in [2.05, 4.69) is 330 Å². The summed E-state index contributed by atoms with van der Waals surface area (Å²) in [6, 6.07) is 152. The topological polar surface area (TPSA) is 38.7 Å². The van der Waals surface area contributed by atoms with E-state index >= 15 is 0 Å². The van der Waals surface area contributed by atoms with Crippen LogP contribution in [0, 0.1) is 0 Å². The summed E-state index contributed by atoms with van der Waals surface area (Å²) in [5.41, 5.74) is 12.9. The van der Waals surface area contributed by atoms with Gasteiger partial charge in [0.15, 0.2) is 17.5 Å². The molecule has 598 valence electrons. The average molecular weight is 1700 g/mol. The zero-order valence-corrected chi connectivity index (χ0v) is 71.7. The second kappa shape index (κ2) is 29.7. The average Bonchev–Trinajstić information content (AvgIpc) is 0.680. The molecule has 0 radical (unpaired) electrons. The summed E-state index contributed by atoms with van der Waals surface area (Å²) in [5.74, 6) is 1.73. The largest absolute Gasteiger partial charge is 0.208 e. The van der Waals surface area contributed by atoms with Gasteiger partial charge < -0.3 is 0 Å². The van der Waals surface area contributed by atoms with Crippen molar-refractivity contribution in [3.8, 4) is 78.7 Å². The van der Waals surface area contributed by atoms with E-state index in [9.17, 15) is 0 Å². The normalized spacial score (nSPS) is 12.0. The Morgan fingerprint density at radius 3 is 0.550 bits per heavy atom. The van der Waals surface area contributed by atoms with Gasteiger partial charge in [-0.25, -0.2) is 15.0 Å². The van der Waals surface area contributed by atoms with Crippen molar-refractivity contribution >= 4 is 229 Å². The van der Waals surface area contributed by atoms with Crippen molar-refractivity contribution < 1.29 is 0 Å². The highest BCUT2D eigenvalue weighted by Crippen LogP contribution is 2.56. The molecule has 129 heavy (non-hydrogen) atoms. The van der Waals surface area contributed by atoms with E-state index in [-0.39, 0.29) is 0 Å². The molecule has 0 atom stereocenters. The minimum atomic E-state index is 0.530. The highest BCUT2D eigenvalue weighted by atomic mass is 35.5. The first kappa shape index (κ1) is 74.7. The maximum atomic E-state index is 6.16. The van der Waals surface area contributed by atoms with Crippen molar-refractivity contribution in [2.24, 2.45) is 0 Å². The van der Waals surface area contributed by atoms with Crippen LogP contribution < -0.4 is 0 Å². The van der Waals surface area contributed by atoms with E-state index < -0.39 is 0 Å². The molecule has 1 heterocycles. The molecule has 0 amide bonds. The second-order valence-electron chi connectivity index (χ2n) is 34.1.